The number of benzene rings is 1. The fraction of sp³-hybridized carbons (Fsp3) is 0.375. The van der Waals surface area contributed by atoms with Gasteiger partial charge in [-0.2, -0.15) is 4.31 Å². The first-order valence-electron chi connectivity index (χ1n) is 12.0. The predicted octanol–water partition coefficient (Wildman–Crippen LogP) is 3.53. The molecule has 4 aromatic rings. The molecule has 0 aliphatic heterocycles. The molecule has 1 atom stereocenters. The van der Waals surface area contributed by atoms with Crippen molar-refractivity contribution < 1.29 is 13.2 Å². The fourth-order valence-electron chi connectivity index (χ4n) is 3.75. The van der Waals surface area contributed by atoms with Crippen LogP contribution in [0, 0.1) is 0 Å². The summed E-state index contributed by atoms with van der Waals surface area (Å²) in [6.45, 7) is 4.29. The molecule has 11 nitrogen and oxygen atoms in total. The minimum Gasteiger partial charge on any atom is -0.497 e. The van der Waals surface area contributed by atoms with Crippen molar-refractivity contribution >= 4 is 31.6 Å². The normalized spacial score (nSPS) is 12.8. The molecule has 3 aromatic heterocycles. The lowest BCUT2D eigenvalue weighted by molar-refractivity contribution is 0.262. The zero-order valence-electron chi connectivity index (χ0n) is 21.3. The molecule has 0 unspecified atom stereocenters. The first-order valence-corrected chi connectivity index (χ1v) is 16.0. The van der Waals surface area contributed by atoms with Gasteiger partial charge in [-0.15, -0.1) is 0 Å². The fourth-order valence-corrected chi connectivity index (χ4v) is 7.82. The van der Waals surface area contributed by atoms with E-state index in [1.807, 2.05) is 19.3 Å². The number of rotatable bonds is 16. The summed E-state index contributed by atoms with van der Waals surface area (Å²) in [7, 11) is 1.19. The van der Waals surface area contributed by atoms with Crippen LogP contribution in [-0.4, -0.2) is 78.7 Å². The number of aromatic amines is 3. The Morgan fingerprint density at radius 1 is 0.868 bits per heavy atom. The van der Waals surface area contributed by atoms with Crippen molar-refractivity contribution in [2.45, 2.75) is 37.5 Å². The minimum absolute atomic E-state index is 0.161. The van der Waals surface area contributed by atoms with Gasteiger partial charge >= 0.3 is 0 Å². The van der Waals surface area contributed by atoms with Crippen LogP contribution in [0.1, 0.15) is 24.4 Å². The van der Waals surface area contributed by atoms with E-state index in [9.17, 15) is 8.42 Å². The second kappa shape index (κ2) is 13.8. The summed E-state index contributed by atoms with van der Waals surface area (Å²) >= 11 is 0. The van der Waals surface area contributed by atoms with Crippen LogP contribution in [0.25, 0.3) is 0 Å². The summed E-state index contributed by atoms with van der Waals surface area (Å²) < 4.78 is 33.9. The van der Waals surface area contributed by atoms with Crippen molar-refractivity contribution in [1.82, 2.24) is 39.1 Å². The lowest BCUT2D eigenvalue weighted by atomic mass is 10.3. The molecule has 14 heteroatoms. The average molecular weight is 577 g/mol. The topological polar surface area (TPSA) is 136 Å². The monoisotopic (exact) mass is 576 g/mol. The number of hydrogen-bond donors (Lipinski definition) is 3. The van der Waals surface area contributed by atoms with Crippen LogP contribution >= 0.6 is 21.6 Å². The van der Waals surface area contributed by atoms with E-state index in [1.165, 1.54) is 4.31 Å². The molecule has 3 N–H and O–H groups in total. The highest BCUT2D eigenvalue weighted by molar-refractivity contribution is 8.76. The van der Waals surface area contributed by atoms with Gasteiger partial charge in [0, 0.05) is 61.3 Å². The van der Waals surface area contributed by atoms with E-state index in [4.69, 9.17) is 4.74 Å². The third-order valence-electron chi connectivity index (χ3n) is 5.76. The number of aromatic nitrogens is 6. The Balaban J connectivity index is 1.34. The first-order chi connectivity index (χ1) is 18.5. The predicted molar refractivity (Wildman–Crippen MR) is 150 cm³/mol. The highest BCUT2D eigenvalue weighted by atomic mass is 33.1. The summed E-state index contributed by atoms with van der Waals surface area (Å²) in [6, 6.07) is 6.20. The Hall–Kier alpha value is -2.78. The number of sulfonamides is 1. The van der Waals surface area contributed by atoms with Gasteiger partial charge in [0.2, 0.25) is 10.0 Å². The Morgan fingerprint density at radius 2 is 1.42 bits per heavy atom. The van der Waals surface area contributed by atoms with E-state index in [2.05, 4.69) is 34.8 Å². The average Bonchev–Trinajstić information content (AvgIpc) is 3.71. The summed E-state index contributed by atoms with van der Waals surface area (Å²) in [5.74, 6) is 4.49. The van der Waals surface area contributed by atoms with Crippen LogP contribution in [0.2, 0.25) is 0 Å². The molecule has 0 fully saturated rings. The third kappa shape index (κ3) is 7.86. The van der Waals surface area contributed by atoms with E-state index < -0.39 is 10.0 Å². The van der Waals surface area contributed by atoms with Gasteiger partial charge in [-0.05, 0) is 31.2 Å². The molecule has 0 aliphatic rings. The summed E-state index contributed by atoms with van der Waals surface area (Å²) in [6.07, 6.45) is 10.5. The number of nitrogens with zero attached hydrogens (tertiary/aromatic N) is 5. The molecule has 3 heterocycles. The van der Waals surface area contributed by atoms with E-state index in [0.29, 0.717) is 30.4 Å². The molecule has 0 bridgehead atoms. The molecule has 204 valence electrons. The van der Waals surface area contributed by atoms with Gasteiger partial charge in [-0.3, -0.25) is 4.90 Å². The summed E-state index contributed by atoms with van der Waals surface area (Å²) in [5.41, 5.74) is 0. The van der Waals surface area contributed by atoms with Gasteiger partial charge < -0.3 is 19.7 Å². The molecule has 4 rings (SSSR count). The number of hydrogen-bond acceptors (Lipinski definition) is 9. The van der Waals surface area contributed by atoms with Crippen molar-refractivity contribution in [3.63, 3.8) is 0 Å². The van der Waals surface area contributed by atoms with E-state index in [-0.39, 0.29) is 17.5 Å². The number of ether oxygens (including phenoxy) is 1. The highest BCUT2D eigenvalue weighted by Crippen LogP contribution is 2.28. The largest absolute Gasteiger partial charge is 0.497 e. The van der Waals surface area contributed by atoms with E-state index >= 15 is 0 Å². The lowest BCUT2D eigenvalue weighted by Gasteiger charge is -2.27. The Bertz CT molecular complexity index is 1260. The van der Waals surface area contributed by atoms with E-state index in [1.54, 1.807) is 77.8 Å². The van der Waals surface area contributed by atoms with Gasteiger partial charge in [0.05, 0.1) is 31.6 Å². The maximum absolute atomic E-state index is 13.6. The van der Waals surface area contributed by atoms with Gasteiger partial charge in [0.25, 0.3) is 0 Å². The van der Waals surface area contributed by atoms with Crippen LogP contribution < -0.4 is 4.74 Å². The smallest absolute Gasteiger partial charge is 0.243 e. The Kier molecular flexibility index (Phi) is 10.3. The van der Waals surface area contributed by atoms with Crippen LogP contribution in [0.4, 0.5) is 0 Å². The molecule has 0 saturated carbocycles. The van der Waals surface area contributed by atoms with Gasteiger partial charge in [0.1, 0.15) is 23.2 Å². The number of nitrogens with one attached hydrogen (secondary N) is 3. The first kappa shape index (κ1) is 28.2. The second-order valence-corrected chi connectivity index (χ2v) is 13.0. The zero-order chi connectivity index (χ0) is 26.8. The Morgan fingerprint density at radius 3 is 1.92 bits per heavy atom. The Labute approximate surface area is 230 Å². The van der Waals surface area contributed by atoms with Crippen LogP contribution in [0.3, 0.4) is 0 Å². The standard InChI is InChI=1S/C24H32N8O3S3/c1-19(18-37-36-14-13-31(15-22-25-7-8-26-22)16-23-27-9-10-28-23)32(17-24-29-11-12-30-24)38(33,34)21-5-3-20(35-2)4-6-21/h3-12,19H,13-18H2,1-2H3,(H,25,26)(H,27,28)(H,29,30)/t19-/m1/s1. The van der Waals surface area contributed by atoms with Gasteiger partial charge in [-0.25, -0.2) is 23.4 Å². The second-order valence-electron chi connectivity index (χ2n) is 8.50. The maximum Gasteiger partial charge on any atom is 0.243 e. The molecule has 0 aliphatic carbocycles. The van der Waals surface area contributed by atoms with Crippen molar-refractivity contribution in [1.29, 1.82) is 0 Å². The zero-order valence-corrected chi connectivity index (χ0v) is 23.7. The summed E-state index contributed by atoms with van der Waals surface area (Å²) in [4.78, 5) is 24.8. The molecule has 0 saturated heterocycles. The molecule has 0 amide bonds. The molecule has 1 aromatic carbocycles. The van der Waals surface area contributed by atoms with E-state index in [0.717, 1.165) is 23.9 Å². The minimum atomic E-state index is -3.75. The van der Waals surface area contributed by atoms with Crippen LogP contribution in [-0.2, 0) is 29.7 Å². The van der Waals surface area contributed by atoms with Crippen molar-refractivity contribution in [3.8, 4) is 5.75 Å². The van der Waals surface area contributed by atoms with Crippen molar-refractivity contribution in [2.24, 2.45) is 0 Å². The quantitative estimate of drug-likeness (QED) is 0.135. The summed E-state index contributed by atoms with van der Waals surface area (Å²) in [5, 5.41) is 0. The van der Waals surface area contributed by atoms with Gasteiger partial charge in [-0.1, -0.05) is 21.6 Å². The molecular formula is C24H32N8O3S3. The molecule has 38 heavy (non-hydrogen) atoms. The highest BCUT2D eigenvalue weighted by Gasteiger charge is 2.30. The number of H-pyrrole nitrogens is 3. The third-order valence-corrected chi connectivity index (χ3v) is 10.3. The number of imidazole rings is 3. The van der Waals surface area contributed by atoms with Crippen molar-refractivity contribution in [3.05, 3.63) is 78.9 Å². The molecule has 0 spiro atoms. The maximum atomic E-state index is 13.6. The lowest BCUT2D eigenvalue weighted by Crippen LogP contribution is -2.39. The molecule has 0 radical (unpaired) electrons. The van der Waals surface area contributed by atoms with Gasteiger partial charge in [0.15, 0.2) is 0 Å². The SMILES string of the molecule is COc1ccc(S(=O)(=O)N(Cc2ncc[nH]2)[C@H](C)CSSCCN(Cc2ncc[nH]2)Cc2ncc[nH]2)cc1. The van der Waals surface area contributed by atoms with Crippen molar-refractivity contribution in [2.75, 3.05) is 25.2 Å². The number of methoxy groups -OCH3 is 1. The molecular weight excluding hydrogens is 545 g/mol. The van der Waals surface area contributed by atoms with Crippen LogP contribution in [0.15, 0.2) is 66.3 Å². The van der Waals surface area contributed by atoms with Crippen LogP contribution in [0.5, 0.6) is 5.75 Å².